The predicted molar refractivity (Wildman–Crippen MR) is 57.3 cm³/mol. The Hall–Kier alpha value is -2.14. The molecule has 0 bridgehead atoms. The minimum atomic E-state index is -1.06. The van der Waals surface area contributed by atoms with Crippen LogP contribution in [0.2, 0.25) is 0 Å². The standard InChI is InChI=1S/C10H10F2N4O/c11-8-3-2-7(6-9(8)12)10(17)14-4-1-5-15-16-13/h2-3,6H,1,4-5H2,(H,14,17). The first kappa shape index (κ1) is 12.9. The van der Waals surface area contributed by atoms with Gasteiger partial charge in [0.05, 0.1) is 0 Å². The lowest BCUT2D eigenvalue weighted by Gasteiger charge is -2.04. The Morgan fingerprint density at radius 2 is 2.18 bits per heavy atom. The lowest BCUT2D eigenvalue weighted by Crippen LogP contribution is -2.25. The molecule has 1 aromatic rings. The maximum atomic E-state index is 12.8. The van der Waals surface area contributed by atoms with Crippen LogP contribution in [0.1, 0.15) is 16.8 Å². The van der Waals surface area contributed by atoms with Gasteiger partial charge in [0.15, 0.2) is 11.6 Å². The molecule has 0 aliphatic carbocycles. The molecule has 17 heavy (non-hydrogen) atoms. The lowest BCUT2D eigenvalue weighted by atomic mass is 10.2. The van der Waals surface area contributed by atoms with Crippen molar-refractivity contribution in [1.29, 1.82) is 0 Å². The number of halogens is 2. The normalized spacial score (nSPS) is 9.53. The van der Waals surface area contributed by atoms with Gasteiger partial charge in [0.25, 0.3) is 5.91 Å². The fraction of sp³-hybridized carbons (Fsp3) is 0.300. The van der Waals surface area contributed by atoms with E-state index in [1.165, 1.54) is 6.07 Å². The maximum Gasteiger partial charge on any atom is 0.251 e. The molecule has 1 aromatic carbocycles. The smallest absolute Gasteiger partial charge is 0.251 e. The molecule has 5 nitrogen and oxygen atoms in total. The fourth-order valence-corrected chi connectivity index (χ4v) is 1.14. The van der Waals surface area contributed by atoms with Gasteiger partial charge in [0.2, 0.25) is 0 Å². The Labute approximate surface area is 96.1 Å². The molecule has 0 heterocycles. The topological polar surface area (TPSA) is 77.9 Å². The van der Waals surface area contributed by atoms with Crippen molar-refractivity contribution in [2.75, 3.05) is 13.1 Å². The molecule has 0 aliphatic rings. The highest BCUT2D eigenvalue weighted by atomic mass is 19.2. The number of amides is 1. The van der Waals surface area contributed by atoms with Gasteiger partial charge in [-0.15, -0.1) is 0 Å². The largest absolute Gasteiger partial charge is 0.352 e. The number of azide groups is 1. The molecule has 1 amide bonds. The third-order valence-corrected chi connectivity index (χ3v) is 1.97. The summed E-state index contributed by atoms with van der Waals surface area (Å²) in [6, 6.07) is 2.92. The van der Waals surface area contributed by atoms with E-state index < -0.39 is 17.5 Å². The van der Waals surface area contributed by atoms with E-state index >= 15 is 0 Å². The van der Waals surface area contributed by atoms with Crippen LogP contribution in [0.15, 0.2) is 23.3 Å². The number of hydrogen-bond donors (Lipinski definition) is 1. The summed E-state index contributed by atoms with van der Waals surface area (Å²) in [4.78, 5) is 14.0. The van der Waals surface area contributed by atoms with E-state index in [2.05, 4.69) is 15.3 Å². The zero-order valence-corrected chi connectivity index (χ0v) is 8.86. The molecule has 1 N–H and O–H groups in total. The average molecular weight is 240 g/mol. The Morgan fingerprint density at radius 1 is 1.41 bits per heavy atom. The van der Waals surface area contributed by atoms with Gasteiger partial charge < -0.3 is 5.32 Å². The van der Waals surface area contributed by atoms with Crippen molar-refractivity contribution in [1.82, 2.24) is 5.32 Å². The summed E-state index contributed by atoms with van der Waals surface area (Å²) in [7, 11) is 0. The van der Waals surface area contributed by atoms with E-state index in [0.29, 0.717) is 13.0 Å². The molecule has 0 spiro atoms. The second-order valence-corrected chi connectivity index (χ2v) is 3.19. The second kappa shape index (κ2) is 6.44. The van der Waals surface area contributed by atoms with Crippen molar-refractivity contribution >= 4 is 5.91 Å². The Kier molecular flexibility index (Phi) is 4.90. The van der Waals surface area contributed by atoms with Crippen molar-refractivity contribution in [2.45, 2.75) is 6.42 Å². The Bertz CT molecular complexity index is 458. The van der Waals surface area contributed by atoms with Gasteiger partial charge in [0.1, 0.15) is 0 Å². The number of rotatable bonds is 5. The molecular formula is C10H10F2N4O. The predicted octanol–water partition coefficient (Wildman–Crippen LogP) is 2.40. The molecular weight excluding hydrogens is 230 g/mol. The molecule has 0 aliphatic heterocycles. The number of nitrogens with one attached hydrogen (secondary N) is 1. The van der Waals surface area contributed by atoms with Crippen LogP contribution < -0.4 is 5.32 Å². The molecule has 7 heteroatoms. The van der Waals surface area contributed by atoms with Gasteiger partial charge in [-0.25, -0.2) is 8.78 Å². The maximum absolute atomic E-state index is 12.8. The van der Waals surface area contributed by atoms with Crippen LogP contribution in [0.3, 0.4) is 0 Å². The van der Waals surface area contributed by atoms with Crippen LogP contribution in [0.5, 0.6) is 0 Å². The molecule has 1 rings (SSSR count). The van der Waals surface area contributed by atoms with Gasteiger partial charge in [-0.3, -0.25) is 4.79 Å². The van der Waals surface area contributed by atoms with Crippen molar-refractivity contribution in [2.24, 2.45) is 5.11 Å². The Morgan fingerprint density at radius 3 is 2.82 bits per heavy atom. The summed E-state index contributed by atoms with van der Waals surface area (Å²) in [6.45, 7) is 0.575. The van der Waals surface area contributed by atoms with E-state index in [4.69, 9.17) is 5.53 Å². The molecule has 0 fully saturated rings. The molecule has 0 aromatic heterocycles. The highest BCUT2D eigenvalue weighted by molar-refractivity contribution is 5.94. The Balaban J connectivity index is 2.46. The third kappa shape index (κ3) is 4.08. The number of carbonyl (C=O) groups excluding carboxylic acids is 1. The van der Waals surface area contributed by atoms with Gasteiger partial charge in [0, 0.05) is 23.6 Å². The van der Waals surface area contributed by atoms with Crippen molar-refractivity contribution in [3.05, 3.63) is 45.8 Å². The summed E-state index contributed by atoms with van der Waals surface area (Å²) in [5.74, 6) is -2.55. The van der Waals surface area contributed by atoms with Gasteiger partial charge >= 0.3 is 0 Å². The van der Waals surface area contributed by atoms with E-state index in [0.717, 1.165) is 12.1 Å². The van der Waals surface area contributed by atoms with Gasteiger partial charge in [-0.05, 0) is 30.2 Å². The monoisotopic (exact) mass is 240 g/mol. The average Bonchev–Trinajstić information content (AvgIpc) is 2.32. The fourth-order valence-electron chi connectivity index (χ4n) is 1.14. The molecule has 0 radical (unpaired) electrons. The minimum absolute atomic E-state index is 0.0488. The van der Waals surface area contributed by atoms with Crippen LogP contribution in [0.25, 0.3) is 10.4 Å². The first-order valence-corrected chi connectivity index (χ1v) is 4.89. The lowest BCUT2D eigenvalue weighted by molar-refractivity contribution is 0.0953. The number of hydrogen-bond acceptors (Lipinski definition) is 2. The van der Waals surface area contributed by atoms with Crippen LogP contribution in [-0.4, -0.2) is 19.0 Å². The summed E-state index contributed by atoms with van der Waals surface area (Å²) < 4.78 is 25.4. The van der Waals surface area contributed by atoms with E-state index in [-0.39, 0.29) is 12.1 Å². The minimum Gasteiger partial charge on any atom is -0.352 e. The van der Waals surface area contributed by atoms with Crippen molar-refractivity contribution < 1.29 is 13.6 Å². The zero-order chi connectivity index (χ0) is 12.7. The zero-order valence-electron chi connectivity index (χ0n) is 8.86. The number of carbonyl (C=O) groups is 1. The molecule has 0 atom stereocenters. The SMILES string of the molecule is [N-]=[N+]=NCCCNC(=O)c1ccc(F)c(F)c1. The summed E-state index contributed by atoms with van der Waals surface area (Å²) >= 11 is 0. The molecule has 0 saturated heterocycles. The highest BCUT2D eigenvalue weighted by Gasteiger charge is 2.08. The highest BCUT2D eigenvalue weighted by Crippen LogP contribution is 2.08. The summed E-state index contributed by atoms with van der Waals surface area (Å²) in [5, 5.41) is 5.78. The first-order valence-electron chi connectivity index (χ1n) is 4.89. The second-order valence-electron chi connectivity index (χ2n) is 3.19. The van der Waals surface area contributed by atoms with Crippen LogP contribution in [-0.2, 0) is 0 Å². The van der Waals surface area contributed by atoms with E-state index in [1.54, 1.807) is 0 Å². The van der Waals surface area contributed by atoms with Crippen molar-refractivity contribution in [3.8, 4) is 0 Å². The number of nitrogens with zero attached hydrogens (tertiary/aromatic N) is 3. The van der Waals surface area contributed by atoms with Crippen LogP contribution >= 0.6 is 0 Å². The molecule has 0 saturated carbocycles. The number of benzene rings is 1. The summed E-state index contributed by atoms with van der Waals surface area (Å²) in [5.41, 5.74) is 8.05. The van der Waals surface area contributed by atoms with E-state index in [1.807, 2.05) is 0 Å². The van der Waals surface area contributed by atoms with Gasteiger partial charge in [-0.2, -0.15) is 0 Å². The van der Waals surface area contributed by atoms with Gasteiger partial charge in [-0.1, -0.05) is 5.11 Å². The van der Waals surface area contributed by atoms with Crippen LogP contribution in [0, 0.1) is 11.6 Å². The van der Waals surface area contributed by atoms with E-state index in [9.17, 15) is 13.6 Å². The van der Waals surface area contributed by atoms with Crippen LogP contribution in [0.4, 0.5) is 8.78 Å². The summed E-state index contributed by atoms with van der Waals surface area (Å²) in [6.07, 6.45) is 0.486. The quantitative estimate of drug-likeness (QED) is 0.364. The third-order valence-electron chi connectivity index (χ3n) is 1.97. The van der Waals surface area contributed by atoms with Crippen molar-refractivity contribution in [3.63, 3.8) is 0 Å². The molecule has 0 unspecified atom stereocenters. The first-order chi connectivity index (χ1) is 8.15. The molecule has 90 valence electrons.